The van der Waals surface area contributed by atoms with Gasteiger partial charge in [-0.3, -0.25) is 9.36 Å². The molecule has 0 aliphatic carbocycles. The molecule has 0 aliphatic heterocycles. The lowest BCUT2D eigenvalue weighted by Gasteiger charge is -2.11. The standard InChI is InChI=1S/C18H15N5O3/c1-26-11-4-2-10(3-5-11)23-17(21-22-18(23)16(19)25)13-6-7-14-12(15(13)24)8-9-20-14/h2-9,20,24H,1H3,(H2,19,25). The number of carbonyl (C=O) groups excluding carboxylic acids is 1. The van der Waals surface area contributed by atoms with E-state index in [4.69, 9.17) is 10.5 Å². The maximum atomic E-state index is 11.8. The van der Waals surface area contributed by atoms with E-state index in [9.17, 15) is 9.90 Å². The summed E-state index contributed by atoms with van der Waals surface area (Å²) in [6.45, 7) is 0. The highest BCUT2D eigenvalue weighted by Crippen LogP contribution is 2.36. The van der Waals surface area contributed by atoms with Crippen molar-refractivity contribution in [3.05, 3.63) is 54.5 Å². The highest BCUT2D eigenvalue weighted by Gasteiger charge is 2.22. The molecule has 8 heteroatoms. The normalized spacial score (nSPS) is 11.0. The van der Waals surface area contributed by atoms with Crippen LogP contribution >= 0.6 is 0 Å². The number of carbonyl (C=O) groups is 1. The average molecular weight is 349 g/mol. The molecule has 0 saturated heterocycles. The fourth-order valence-corrected chi connectivity index (χ4v) is 2.89. The lowest BCUT2D eigenvalue weighted by molar-refractivity contribution is 0.0988. The highest BCUT2D eigenvalue weighted by molar-refractivity contribution is 5.94. The van der Waals surface area contributed by atoms with Gasteiger partial charge in [0.2, 0.25) is 5.82 Å². The van der Waals surface area contributed by atoms with Crippen LogP contribution in [-0.2, 0) is 0 Å². The zero-order valence-electron chi connectivity index (χ0n) is 13.8. The van der Waals surface area contributed by atoms with Crippen LogP contribution in [0, 0.1) is 0 Å². The summed E-state index contributed by atoms with van der Waals surface area (Å²) < 4.78 is 6.67. The molecule has 130 valence electrons. The van der Waals surface area contributed by atoms with Crippen LogP contribution in [0.25, 0.3) is 28.0 Å². The molecule has 2 aromatic carbocycles. The molecule has 0 spiro atoms. The molecule has 0 atom stereocenters. The maximum Gasteiger partial charge on any atom is 0.287 e. The molecule has 2 heterocycles. The number of nitrogens with two attached hydrogens (primary N) is 1. The van der Waals surface area contributed by atoms with Gasteiger partial charge in [-0.1, -0.05) is 0 Å². The Labute approximate surface area is 147 Å². The number of ether oxygens (including phenoxy) is 1. The van der Waals surface area contributed by atoms with Crippen molar-refractivity contribution in [3.63, 3.8) is 0 Å². The van der Waals surface area contributed by atoms with Crippen LogP contribution in [0.1, 0.15) is 10.6 Å². The van der Waals surface area contributed by atoms with E-state index in [2.05, 4.69) is 15.2 Å². The van der Waals surface area contributed by atoms with Crippen molar-refractivity contribution in [2.45, 2.75) is 0 Å². The topological polar surface area (TPSA) is 119 Å². The first-order valence-corrected chi connectivity index (χ1v) is 7.79. The van der Waals surface area contributed by atoms with Crippen LogP contribution in [0.2, 0.25) is 0 Å². The predicted molar refractivity (Wildman–Crippen MR) is 95.4 cm³/mol. The molecule has 0 saturated carbocycles. The number of phenolic OH excluding ortho intramolecular Hbond substituents is 1. The van der Waals surface area contributed by atoms with E-state index < -0.39 is 5.91 Å². The Morgan fingerprint density at radius 3 is 2.62 bits per heavy atom. The Bertz CT molecular complexity index is 1110. The van der Waals surface area contributed by atoms with Crippen molar-refractivity contribution in [1.29, 1.82) is 0 Å². The van der Waals surface area contributed by atoms with Crippen LogP contribution in [-0.4, -0.2) is 37.9 Å². The van der Waals surface area contributed by atoms with Crippen molar-refractivity contribution < 1.29 is 14.6 Å². The Morgan fingerprint density at radius 1 is 1.15 bits per heavy atom. The van der Waals surface area contributed by atoms with E-state index in [1.54, 1.807) is 49.7 Å². The molecule has 0 bridgehead atoms. The quantitative estimate of drug-likeness (QED) is 0.522. The Morgan fingerprint density at radius 2 is 1.92 bits per heavy atom. The van der Waals surface area contributed by atoms with E-state index in [0.29, 0.717) is 28.2 Å². The van der Waals surface area contributed by atoms with Crippen LogP contribution in [0.5, 0.6) is 11.5 Å². The fraction of sp³-hybridized carbons (Fsp3) is 0.0556. The summed E-state index contributed by atoms with van der Waals surface area (Å²) in [4.78, 5) is 14.9. The highest BCUT2D eigenvalue weighted by atomic mass is 16.5. The summed E-state index contributed by atoms with van der Waals surface area (Å²) in [6.07, 6.45) is 1.73. The fourth-order valence-electron chi connectivity index (χ4n) is 2.89. The molecule has 1 amide bonds. The summed E-state index contributed by atoms with van der Waals surface area (Å²) >= 11 is 0. The molecule has 0 radical (unpaired) electrons. The van der Waals surface area contributed by atoms with Gasteiger partial charge in [-0.15, -0.1) is 10.2 Å². The molecule has 26 heavy (non-hydrogen) atoms. The minimum atomic E-state index is -0.721. The van der Waals surface area contributed by atoms with E-state index >= 15 is 0 Å². The summed E-state index contributed by atoms with van der Waals surface area (Å²) in [7, 11) is 1.57. The number of aromatic nitrogens is 4. The number of benzene rings is 2. The van der Waals surface area contributed by atoms with Gasteiger partial charge in [-0.2, -0.15) is 0 Å². The first kappa shape index (κ1) is 15.7. The number of hydrogen-bond acceptors (Lipinski definition) is 5. The summed E-state index contributed by atoms with van der Waals surface area (Å²) in [6, 6.07) is 12.3. The van der Waals surface area contributed by atoms with E-state index in [1.807, 2.05) is 6.07 Å². The van der Waals surface area contributed by atoms with E-state index in [0.717, 1.165) is 5.52 Å². The molecule has 4 N–H and O–H groups in total. The minimum Gasteiger partial charge on any atom is -0.506 e. The Hall–Kier alpha value is -3.81. The predicted octanol–water partition coefficient (Wildman–Crippen LogP) is 2.23. The van der Waals surface area contributed by atoms with E-state index in [1.165, 1.54) is 4.57 Å². The number of aromatic amines is 1. The first-order valence-electron chi connectivity index (χ1n) is 7.79. The van der Waals surface area contributed by atoms with E-state index in [-0.39, 0.29) is 11.6 Å². The third-order valence-electron chi connectivity index (χ3n) is 4.16. The first-order chi connectivity index (χ1) is 12.6. The van der Waals surface area contributed by atoms with Crippen LogP contribution in [0.4, 0.5) is 0 Å². The molecular weight excluding hydrogens is 334 g/mol. The largest absolute Gasteiger partial charge is 0.506 e. The van der Waals surface area contributed by atoms with Crippen molar-refractivity contribution >= 4 is 16.8 Å². The summed E-state index contributed by atoms with van der Waals surface area (Å²) in [5.74, 6) is 0.271. The maximum absolute atomic E-state index is 11.8. The molecule has 0 fully saturated rings. The number of methoxy groups -OCH3 is 1. The Kier molecular flexibility index (Phi) is 3.58. The number of amides is 1. The second-order valence-electron chi connectivity index (χ2n) is 5.65. The SMILES string of the molecule is COc1ccc(-n2c(C(N)=O)nnc2-c2ccc3[nH]ccc3c2O)cc1. The van der Waals surface area contributed by atoms with Gasteiger partial charge < -0.3 is 20.6 Å². The number of nitrogens with zero attached hydrogens (tertiary/aromatic N) is 3. The number of aromatic hydroxyl groups is 1. The number of nitrogens with one attached hydrogen (secondary N) is 1. The van der Waals surface area contributed by atoms with Gasteiger partial charge in [0.25, 0.3) is 5.91 Å². The number of rotatable bonds is 4. The monoisotopic (exact) mass is 349 g/mol. The number of primary amides is 1. The van der Waals surface area contributed by atoms with Gasteiger partial charge in [0.1, 0.15) is 11.5 Å². The lowest BCUT2D eigenvalue weighted by Crippen LogP contribution is -2.17. The zero-order valence-corrected chi connectivity index (χ0v) is 13.8. The van der Waals surface area contributed by atoms with Gasteiger partial charge in [0.15, 0.2) is 5.82 Å². The third kappa shape index (κ3) is 2.35. The number of fused-ring (bicyclic) bond motifs is 1. The lowest BCUT2D eigenvalue weighted by atomic mass is 10.1. The van der Waals surface area contributed by atoms with Gasteiger partial charge in [-0.25, -0.2) is 0 Å². The molecule has 4 rings (SSSR count). The summed E-state index contributed by atoms with van der Waals surface area (Å²) in [5.41, 5.74) is 7.30. The number of hydrogen-bond donors (Lipinski definition) is 3. The van der Waals surface area contributed by atoms with Crippen LogP contribution < -0.4 is 10.5 Å². The van der Waals surface area contributed by atoms with Gasteiger partial charge in [0, 0.05) is 22.8 Å². The molecule has 8 nitrogen and oxygen atoms in total. The molecule has 2 aromatic heterocycles. The molecule has 0 aliphatic rings. The smallest absolute Gasteiger partial charge is 0.287 e. The summed E-state index contributed by atoms with van der Waals surface area (Å²) in [5, 5.41) is 19.3. The average Bonchev–Trinajstić information content (AvgIpc) is 3.29. The second kappa shape index (κ2) is 5.92. The van der Waals surface area contributed by atoms with Gasteiger partial charge in [-0.05, 0) is 42.5 Å². The van der Waals surface area contributed by atoms with Gasteiger partial charge in [0.05, 0.1) is 12.7 Å². The van der Waals surface area contributed by atoms with Crippen molar-refractivity contribution in [2.24, 2.45) is 5.73 Å². The van der Waals surface area contributed by atoms with Crippen LogP contribution in [0.3, 0.4) is 0 Å². The molecular formula is C18H15N5O3. The zero-order chi connectivity index (χ0) is 18.3. The van der Waals surface area contributed by atoms with Crippen molar-refractivity contribution in [3.8, 4) is 28.6 Å². The number of H-pyrrole nitrogens is 1. The second-order valence-corrected chi connectivity index (χ2v) is 5.65. The minimum absolute atomic E-state index is 0.0290. The molecule has 4 aromatic rings. The number of phenols is 1. The third-order valence-corrected chi connectivity index (χ3v) is 4.16. The Balaban J connectivity index is 1.96. The van der Waals surface area contributed by atoms with Crippen molar-refractivity contribution in [2.75, 3.05) is 7.11 Å². The van der Waals surface area contributed by atoms with Gasteiger partial charge >= 0.3 is 0 Å². The van der Waals surface area contributed by atoms with Crippen LogP contribution in [0.15, 0.2) is 48.7 Å². The molecule has 0 unspecified atom stereocenters. The van der Waals surface area contributed by atoms with Crippen molar-refractivity contribution in [1.82, 2.24) is 19.7 Å².